The Morgan fingerprint density at radius 1 is 1.35 bits per heavy atom. The first-order chi connectivity index (χ1) is 9.36. The zero-order valence-corrected chi connectivity index (χ0v) is 10.9. The van der Waals surface area contributed by atoms with Gasteiger partial charge in [0.25, 0.3) is 0 Å². The Balaban J connectivity index is 2.76. The van der Waals surface area contributed by atoms with Crippen molar-refractivity contribution in [2.24, 2.45) is 0 Å². The predicted octanol–water partition coefficient (Wildman–Crippen LogP) is -2.58. The topological polar surface area (TPSA) is 146 Å². The lowest BCUT2D eigenvalue weighted by atomic mass is 9.96. The summed E-state index contributed by atoms with van der Waals surface area (Å²) in [5.41, 5.74) is 0. The highest BCUT2D eigenvalue weighted by Gasteiger charge is 2.45. The van der Waals surface area contributed by atoms with E-state index in [9.17, 15) is 19.8 Å². The molecular weight excluding hydrogens is 274 g/mol. The van der Waals surface area contributed by atoms with E-state index in [-0.39, 0.29) is 13.0 Å². The second kappa shape index (κ2) is 7.50. The number of aliphatic carboxylic acids is 1. The SMILES string of the molecule is CC(=O)N[C@H]1C(O)O[C@H](CO)[C@@H](O)[C@@H]1OCCC(=O)O. The van der Waals surface area contributed by atoms with Gasteiger partial charge in [-0.2, -0.15) is 0 Å². The number of ether oxygens (including phenoxy) is 2. The molecule has 1 fully saturated rings. The molecule has 1 saturated heterocycles. The maximum atomic E-state index is 11.1. The monoisotopic (exact) mass is 293 g/mol. The molecule has 0 aromatic heterocycles. The molecule has 0 aromatic rings. The quantitative estimate of drug-likeness (QED) is 0.359. The molecule has 1 heterocycles. The average Bonchev–Trinajstić information content (AvgIpc) is 2.36. The van der Waals surface area contributed by atoms with Gasteiger partial charge in [-0.05, 0) is 0 Å². The Bertz CT molecular complexity index is 349. The Labute approximate surface area is 115 Å². The molecule has 0 aromatic carbocycles. The highest BCUT2D eigenvalue weighted by Crippen LogP contribution is 2.22. The zero-order valence-electron chi connectivity index (χ0n) is 10.9. The third-order valence-electron chi connectivity index (χ3n) is 2.87. The van der Waals surface area contributed by atoms with Crippen LogP contribution < -0.4 is 5.32 Å². The summed E-state index contributed by atoms with van der Waals surface area (Å²) in [6.07, 6.45) is -5.25. The van der Waals surface area contributed by atoms with Crippen molar-refractivity contribution in [3.63, 3.8) is 0 Å². The van der Waals surface area contributed by atoms with Crippen LogP contribution in [0.4, 0.5) is 0 Å². The Hall–Kier alpha value is -1.26. The van der Waals surface area contributed by atoms with E-state index in [4.69, 9.17) is 19.7 Å². The summed E-state index contributed by atoms with van der Waals surface area (Å²) in [6, 6.07) is -1.06. The Morgan fingerprint density at radius 2 is 2.00 bits per heavy atom. The molecule has 1 unspecified atom stereocenters. The van der Waals surface area contributed by atoms with Gasteiger partial charge >= 0.3 is 5.97 Å². The molecule has 1 rings (SSSR count). The minimum absolute atomic E-state index is 0.210. The molecule has 9 nitrogen and oxygen atoms in total. The molecule has 0 bridgehead atoms. The maximum Gasteiger partial charge on any atom is 0.305 e. The first-order valence-electron chi connectivity index (χ1n) is 6.09. The molecule has 5 N–H and O–H groups in total. The van der Waals surface area contributed by atoms with E-state index in [0.717, 1.165) is 0 Å². The van der Waals surface area contributed by atoms with Crippen molar-refractivity contribution in [3.8, 4) is 0 Å². The minimum atomic E-state index is -1.48. The van der Waals surface area contributed by atoms with Crippen molar-refractivity contribution < 1.29 is 39.5 Å². The molecule has 1 aliphatic rings. The van der Waals surface area contributed by atoms with Crippen molar-refractivity contribution in [2.45, 2.75) is 44.0 Å². The highest BCUT2D eigenvalue weighted by molar-refractivity contribution is 5.73. The van der Waals surface area contributed by atoms with Gasteiger partial charge < -0.3 is 35.2 Å². The molecule has 9 heteroatoms. The number of carboxylic acids is 1. The van der Waals surface area contributed by atoms with Gasteiger partial charge in [-0.25, -0.2) is 0 Å². The molecule has 0 spiro atoms. The lowest BCUT2D eigenvalue weighted by Gasteiger charge is -2.42. The van der Waals surface area contributed by atoms with Crippen molar-refractivity contribution >= 4 is 11.9 Å². The number of aliphatic hydroxyl groups excluding tert-OH is 3. The number of carbonyl (C=O) groups is 2. The first kappa shape index (κ1) is 16.8. The smallest absolute Gasteiger partial charge is 0.305 e. The van der Waals surface area contributed by atoms with Gasteiger partial charge in [0.2, 0.25) is 5.91 Å². The molecule has 0 aliphatic carbocycles. The Kier molecular flexibility index (Phi) is 6.30. The summed E-state index contributed by atoms with van der Waals surface area (Å²) in [7, 11) is 0. The third-order valence-corrected chi connectivity index (χ3v) is 2.87. The third kappa shape index (κ3) is 4.39. The number of aliphatic hydroxyl groups is 3. The van der Waals surface area contributed by atoms with E-state index >= 15 is 0 Å². The van der Waals surface area contributed by atoms with E-state index in [1.165, 1.54) is 6.92 Å². The van der Waals surface area contributed by atoms with Crippen molar-refractivity contribution in [1.29, 1.82) is 0 Å². The van der Waals surface area contributed by atoms with E-state index in [2.05, 4.69) is 5.32 Å². The van der Waals surface area contributed by atoms with Crippen LogP contribution >= 0.6 is 0 Å². The highest BCUT2D eigenvalue weighted by atomic mass is 16.6. The van der Waals surface area contributed by atoms with Crippen molar-refractivity contribution in [3.05, 3.63) is 0 Å². The normalized spacial score (nSPS) is 33.7. The van der Waals surface area contributed by atoms with Crippen LogP contribution in [0.1, 0.15) is 13.3 Å². The number of amides is 1. The van der Waals surface area contributed by atoms with Crippen LogP contribution in [-0.2, 0) is 19.1 Å². The fourth-order valence-corrected chi connectivity index (χ4v) is 1.95. The first-order valence-corrected chi connectivity index (χ1v) is 6.09. The second-order valence-corrected chi connectivity index (χ2v) is 4.44. The van der Waals surface area contributed by atoms with Gasteiger partial charge in [-0.3, -0.25) is 9.59 Å². The van der Waals surface area contributed by atoms with E-state index in [0.29, 0.717) is 0 Å². The summed E-state index contributed by atoms with van der Waals surface area (Å²) >= 11 is 0. The lowest BCUT2D eigenvalue weighted by molar-refractivity contribution is -0.262. The van der Waals surface area contributed by atoms with Crippen LogP contribution in [0.5, 0.6) is 0 Å². The van der Waals surface area contributed by atoms with Gasteiger partial charge in [0, 0.05) is 6.92 Å². The van der Waals surface area contributed by atoms with Crippen LogP contribution in [0.25, 0.3) is 0 Å². The molecule has 0 radical (unpaired) electrons. The molecule has 1 amide bonds. The van der Waals surface area contributed by atoms with E-state index < -0.39 is 49.1 Å². The van der Waals surface area contributed by atoms with E-state index in [1.807, 2.05) is 0 Å². The summed E-state index contributed by atoms with van der Waals surface area (Å²) < 4.78 is 10.2. The molecule has 5 atom stereocenters. The second-order valence-electron chi connectivity index (χ2n) is 4.44. The Morgan fingerprint density at radius 3 is 2.50 bits per heavy atom. The molecular formula is C11H19NO8. The standard InChI is InChI=1S/C11H19NO8/c1-5(14)12-8-10(19-3-2-7(15)16)9(17)6(4-13)20-11(8)18/h6,8-11,13,17-18H,2-4H2,1H3,(H,12,14)(H,15,16)/t6-,8-,9-,10-,11?/m1/s1. The average molecular weight is 293 g/mol. The molecule has 1 aliphatic heterocycles. The summed E-state index contributed by atoms with van der Waals surface area (Å²) in [6.45, 7) is 0.452. The van der Waals surface area contributed by atoms with Crippen molar-refractivity contribution in [2.75, 3.05) is 13.2 Å². The van der Waals surface area contributed by atoms with Crippen LogP contribution in [0.2, 0.25) is 0 Å². The number of hydrogen-bond acceptors (Lipinski definition) is 7. The number of carbonyl (C=O) groups excluding carboxylic acids is 1. The maximum absolute atomic E-state index is 11.1. The fourth-order valence-electron chi connectivity index (χ4n) is 1.95. The number of hydrogen-bond donors (Lipinski definition) is 5. The molecule has 0 saturated carbocycles. The van der Waals surface area contributed by atoms with Crippen LogP contribution in [0.15, 0.2) is 0 Å². The predicted molar refractivity (Wildman–Crippen MR) is 63.6 cm³/mol. The summed E-state index contributed by atoms with van der Waals surface area (Å²) in [5, 5.41) is 39.7. The fraction of sp³-hybridized carbons (Fsp3) is 0.818. The van der Waals surface area contributed by atoms with E-state index in [1.54, 1.807) is 0 Å². The lowest BCUT2D eigenvalue weighted by Crippen LogP contribution is -2.64. The zero-order chi connectivity index (χ0) is 15.3. The number of rotatable bonds is 6. The van der Waals surface area contributed by atoms with Gasteiger partial charge in [-0.15, -0.1) is 0 Å². The molecule has 20 heavy (non-hydrogen) atoms. The number of nitrogens with one attached hydrogen (secondary N) is 1. The van der Waals surface area contributed by atoms with Gasteiger partial charge in [0.05, 0.1) is 19.6 Å². The van der Waals surface area contributed by atoms with Crippen molar-refractivity contribution in [1.82, 2.24) is 5.32 Å². The van der Waals surface area contributed by atoms with Gasteiger partial charge in [0.1, 0.15) is 24.4 Å². The summed E-state index contributed by atoms with van der Waals surface area (Å²) in [4.78, 5) is 21.5. The largest absolute Gasteiger partial charge is 0.481 e. The summed E-state index contributed by atoms with van der Waals surface area (Å²) in [5.74, 6) is -1.55. The van der Waals surface area contributed by atoms with Crippen LogP contribution in [0.3, 0.4) is 0 Å². The number of carboxylic acid groups (broad SMARTS) is 1. The van der Waals surface area contributed by atoms with Gasteiger partial charge in [-0.1, -0.05) is 0 Å². The van der Waals surface area contributed by atoms with Crippen LogP contribution in [0, 0.1) is 0 Å². The van der Waals surface area contributed by atoms with Crippen LogP contribution in [-0.4, -0.2) is 76.2 Å². The van der Waals surface area contributed by atoms with Gasteiger partial charge in [0.15, 0.2) is 6.29 Å². The minimum Gasteiger partial charge on any atom is -0.481 e. The molecule has 116 valence electrons.